The molecule has 52 valence electrons. The van der Waals surface area contributed by atoms with Crippen LogP contribution in [0.3, 0.4) is 0 Å². The van der Waals surface area contributed by atoms with E-state index in [1.807, 2.05) is 24.3 Å². The maximum Gasteiger partial charge on any atom is 0.0175 e. The molecule has 0 amide bonds. The molecule has 0 aliphatic carbocycles. The van der Waals surface area contributed by atoms with Crippen molar-refractivity contribution in [2.75, 3.05) is 0 Å². The van der Waals surface area contributed by atoms with E-state index in [2.05, 4.69) is 45.1 Å². The van der Waals surface area contributed by atoms with Crippen molar-refractivity contribution in [1.29, 1.82) is 0 Å². The predicted octanol–water partition coefficient (Wildman–Crippen LogP) is 3.85. The summed E-state index contributed by atoms with van der Waals surface area (Å²) >= 11 is 5.57. The molecule has 1 aromatic rings. The van der Waals surface area contributed by atoms with E-state index in [1.54, 1.807) is 0 Å². The van der Waals surface area contributed by atoms with Crippen LogP contribution in [-0.4, -0.2) is 0 Å². The maximum atomic E-state index is 3.83. The Kier molecular flexibility index (Phi) is 2.92. The zero-order chi connectivity index (χ0) is 7.56. The fourth-order valence-corrected chi connectivity index (χ4v) is 1.25. The molecule has 0 aromatic heterocycles. The summed E-state index contributed by atoms with van der Waals surface area (Å²) in [4.78, 5) is 0. The van der Waals surface area contributed by atoms with Crippen molar-refractivity contribution in [1.82, 2.24) is 0 Å². The number of halogens is 2. The van der Waals surface area contributed by atoms with Gasteiger partial charge in [0.15, 0.2) is 0 Å². The summed E-state index contributed by atoms with van der Waals surface area (Å²) in [7, 11) is 0. The van der Waals surface area contributed by atoms with Gasteiger partial charge in [0, 0.05) is 8.05 Å². The van der Waals surface area contributed by atoms with Crippen molar-refractivity contribution in [2.45, 2.75) is 0 Å². The lowest BCUT2D eigenvalue weighted by molar-refractivity contribution is 1.61. The third-order valence-corrected chi connectivity index (χ3v) is 2.31. The van der Waals surface area contributed by atoms with Gasteiger partial charge in [-0.1, -0.05) is 34.6 Å². The molecule has 0 heterocycles. The van der Waals surface area contributed by atoms with Crippen LogP contribution in [0.5, 0.6) is 0 Å². The van der Waals surface area contributed by atoms with E-state index in [0.717, 1.165) is 8.05 Å². The summed E-state index contributed by atoms with van der Waals surface area (Å²) in [6.07, 6.45) is 0. The minimum Gasteiger partial charge on any atom is -0.0850 e. The highest BCUT2D eigenvalue weighted by Gasteiger charge is 1.91. The van der Waals surface area contributed by atoms with Gasteiger partial charge in [0.1, 0.15) is 0 Å². The molecule has 1 aromatic carbocycles. The smallest absolute Gasteiger partial charge is 0.0175 e. The molecule has 0 bridgehead atoms. The summed E-state index contributed by atoms with van der Waals surface area (Å²) in [6.45, 7) is 3.83. The van der Waals surface area contributed by atoms with Crippen molar-refractivity contribution < 1.29 is 0 Å². The van der Waals surface area contributed by atoms with E-state index < -0.39 is 0 Å². The van der Waals surface area contributed by atoms with Gasteiger partial charge < -0.3 is 0 Å². The molecule has 0 nitrogen and oxygen atoms in total. The lowest BCUT2D eigenvalue weighted by atomic mass is 10.2. The molecule has 0 radical (unpaired) electrons. The van der Waals surface area contributed by atoms with Crippen LogP contribution in [0, 0.1) is 0 Å². The summed E-state index contributed by atoms with van der Waals surface area (Å²) in [6, 6.07) is 8.11. The fourth-order valence-electron chi connectivity index (χ4n) is 0.631. The molecule has 0 saturated carbocycles. The van der Waals surface area contributed by atoms with Crippen LogP contribution in [0.2, 0.25) is 0 Å². The van der Waals surface area contributed by atoms with E-state index in [9.17, 15) is 0 Å². The van der Waals surface area contributed by atoms with Crippen LogP contribution in [-0.2, 0) is 0 Å². The van der Waals surface area contributed by atoms with E-state index in [0.29, 0.717) is 0 Å². The van der Waals surface area contributed by atoms with E-state index in [-0.39, 0.29) is 0 Å². The Morgan fingerprint density at radius 3 is 2.20 bits per heavy atom. The first-order chi connectivity index (χ1) is 4.70. The second kappa shape index (κ2) is 3.53. The van der Waals surface area contributed by atoms with Crippen molar-refractivity contribution in [2.24, 2.45) is 0 Å². The van der Waals surface area contributed by atoms with Crippen LogP contribution < -0.4 is 0 Å². The highest BCUT2D eigenvalue weighted by molar-refractivity contribution is 14.1. The zero-order valence-corrected chi connectivity index (χ0v) is 9.02. The lowest BCUT2D eigenvalue weighted by Crippen LogP contribution is -1.72. The van der Waals surface area contributed by atoms with Crippen molar-refractivity contribution in [3.63, 3.8) is 0 Å². The van der Waals surface area contributed by atoms with Crippen LogP contribution in [0.15, 0.2) is 35.3 Å². The Hall–Kier alpha value is 0.170. The molecule has 0 unspecified atom stereocenters. The first-order valence-corrected chi connectivity index (χ1v) is 4.67. The molecule has 0 N–H and O–H groups in total. The predicted molar refractivity (Wildman–Crippen MR) is 57.2 cm³/mol. The monoisotopic (exact) mass is 308 g/mol. The van der Waals surface area contributed by atoms with Crippen LogP contribution >= 0.6 is 38.5 Å². The van der Waals surface area contributed by atoms with Crippen LogP contribution in [0.25, 0.3) is 3.58 Å². The van der Waals surface area contributed by atoms with Crippen LogP contribution in [0.1, 0.15) is 5.56 Å². The molecule has 0 spiro atoms. The minimum atomic E-state index is 1.07. The quantitative estimate of drug-likeness (QED) is 0.691. The van der Waals surface area contributed by atoms with Crippen molar-refractivity contribution in [3.8, 4) is 0 Å². The van der Waals surface area contributed by atoms with Gasteiger partial charge >= 0.3 is 0 Å². The van der Waals surface area contributed by atoms with Gasteiger partial charge in [0.2, 0.25) is 0 Å². The second-order valence-electron chi connectivity index (χ2n) is 1.91. The van der Waals surface area contributed by atoms with Crippen molar-refractivity contribution >= 4 is 42.1 Å². The summed E-state index contributed by atoms with van der Waals surface area (Å²) < 4.78 is 2.18. The number of benzene rings is 1. The zero-order valence-electron chi connectivity index (χ0n) is 5.27. The SMILES string of the molecule is C=C(I)c1ccc(Br)cc1. The molecule has 0 fully saturated rings. The van der Waals surface area contributed by atoms with E-state index in [1.165, 1.54) is 5.56 Å². The van der Waals surface area contributed by atoms with Crippen molar-refractivity contribution in [3.05, 3.63) is 40.9 Å². The largest absolute Gasteiger partial charge is 0.0850 e. The average Bonchev–Trinajstić information content (AvgIpc) is 1.88. The molecule has 0 atom stereocenters. The van der Waals surface area contributed by atoms with E-state index in [4.69, 9.17) is 0 Å². The molecule has 0 saturated heterocycles. The van der Waals surface area contributed by atoms with Crippen LogP contribution in [0.4, 0.5) is 0 Å². The van der Waals surface area contributed by atoms with Gasteiger partial charge in [-0.05, 0) is 40.3 Å². The number of hydrogen-bond acceptors (Lipinski definition) is 0. The summed E-state index contributed by atoms with van der Waals surface area (Å²) in [5.74, 6) is 0. The Labute approximate surface area is 82.6 Å². The fraction of sp³-hybridized carbons (Fsp3) is 0. The Morgan fingerprint density at radius 1 is 1.30 bits per heavy atom. The summed E-state index contributed by atoms with van der Waals surface area (Å²) in [5, 5.41) is 0. The first kappa shape index (κ1) is 8.27. The van der Waals surface area contributed by atoms with Gasteiger partial charge in [0.05, 0.1) is 0 Å². The summed E-state index contributed by atoms with van der Waals surface area (Å²) in [5.41, 5.74) is 1.18. The normalized spacial score (nSPS) is 9.40. The Morgan fingerprint density at radius 2 is 1.80 bits per heavy atom. The topological polar surface area (TPSA) is 0 Å². The molecule has 0 aliphatic rings. The van der Waals surface area contributed by atoms with Gasteiger partial charge in [-0.15, -0.1) is 0 Å². The third-order valence-electron chi connectivity index (χ3n) is 1.16. The Balaban J connectivity index is 3.00. The second-order valence-corrected chi connectivity index (χ2v) is 4.13. The van der Waals surface area contributed by atoms with Gasteiger partial charge in [-0.2, -0.15) is 0 Å². The number of rotatable bonds is 1. The average molecular weight is 309 g/mol. The van der Waals surface area contributed by atoms with Gasteiger partial charge in [-0.25, -0.2) is 0 Å². The molecular weight excluding hydrogens is 303 g/mol. The first-order valence-electron chi connectivity index (χ1n) is 2.80. The highest BCUT2D eigenvalue weighted by atomic mass is 127. The third kappa shape index (κ3) is 2.09. The molecule has 10 heavy (non-hydrogen) atoms. The molecule has 0 aliphatic heterocycles. The Bertz CT molecular complexity index is 238. The minimum absolute atomic E-state index is 1.07. The van der Waals surface area contributed by atoms with Gasteiger partial charge in [0.25, 0.3) is 0 Å². The standard InChI is InChI=1S/C8H6BrI/c1-6(10)7-2-4-8(9)5-3-7/h2-5H,1H2. The molecular formula is C8H6BrI. The van der Waals surface area contributed by atoms with E-state index >= 15 is 0 Å². The lowest BCUT2D eigenvalue weighted by Gasteiger charge is -1.95. The molecule has 2 heteroatoms. The molecule has 1 rings (SSSR count). The highest BCUT2D eigenvalue weighted by Crippen LogP contribution is 2.20. The van der Waals surface area contributed by atoms with Gasteiger partial charge in [-0.3, -0.25) is 0 Å². The number of hydrogen-bond donors (Lipinski definition) is 0. The maximum absolute atomic E-state index is 3.83.